The van der Waals surface area contributed by atoms with Gasteiger partial charge in [-0.15, -0.1) is 0 Å². The predicted molar refractivity (Wildman–Crippen MR) is 77.0 cm³/mol. The number of rotatable bonds is 7. The predicted octanol–water partition coefficient (Wildman–Crippen LogP) is 0.683. The maximum absolute atomic E-state index is 11.9. The molecule has 0 aliphatic heterocycles. The minimum absolute atomic E-state index is 0.0427. The number of methoxy groups -OCH3 is 1. The summed E-state index contributed by atoms with van der Waals surface area (Å²) >= 11 is 0. The molecule has 1 amide bonds. The van der Waals surface area contributed by atoms with Gasteiger partial charge in [0, 0.05) is 33.3 Å². The van der Waals surface area contributed by atoms with Crippen LogP contribution in [0.5, 0.6) is 0 Å². The molecule has 112 valence electrons. The molecule has 0 aromatic heterocycles. The van der Waals surface area contributed by atoms with E-state index in [1.807, 2.05) is 7.05 Å². The van der Waals surface area contributed by atoms with Crippen molar-refractivity contribution in [3.05, 3.63) is 0 Å². The van der Waals surface area contributed by atoms with Gasteiger partial charge in [0.25, 0.3) is 0 Å². The van der Waals surface area contributed by atoms with E-state index < -0.39 is 6.04 Å². The molecule has 1 atom stereocenters. The van der Waals surface area contributed by atoms with Crippen LogP contribution in [-0.2, 0) is 9.53 Å². The van der Waals surface area contributed by atoms with E-state index in [4.69, 9.17) is 10.5 Å². The maximum Gasteiger partial charge on any atom is 0.241 e. The molecule has 0 heterocycles. The zero-order valence-corrected chi connectivity index (χ0v) is 12.6. The Kier molecular flexibility index (Phi) is 7.34. The molecular weight excluding hydrogens is 242 g/mol. The number of hydrogen-bond acceptors (Lipinski definition) is 4. The fourth-order valence-corrected chi connectivity index (χ4v) is 2.66. The Morgan fingerprint density at radius 3 is 2.47 bits per heavy atom. The molecule has 19 heavy (non-hydrogen) atoms. The summed E-state index contributed by atoms with van der Waals surface area (Å²) in [5.41, 5.74) is 5.75. The van der Waals surface area contributed by atoms with Crippen molar-refractivity contribution in [1.29, 1.82) is 0 Å². The van der Waals surface area contributed by atoms with Crippen molar-refractivity contribution in [1.82, 2.24) is 9.80 Å². The maximum atomic E-state index is 11.9. The van der Waals surface area contributed by atoms with Gasteiger partial charge in [-0.2, -0.15) is 0 Å². The average molecular weight is 271 g/mol. The summed E-state index contributed by atoms with van der Waals surface area (Å²) in [7, 11) is 5.53. The summed E-state index contributed by atoms with van der Waals surface area (Å²) < 4.78 is 4.91. The van der Waals surface area contributed by atoms with E-state index in [9.17, 15) is 4.79 Å². The van der Waals surface area contributed by atoms with E-state index >= 15 is 0 Å². The first kappa shape index (κ1) is 16.4. The number of hydrogen-bond donors (Lipinski definition) is 1. The number of carbonyl (C=O) groups is 1. The summed E-state index contributed by atoms with van der Waals surface area (Å²) in [6.07, 6.45) is 6.62. The number of carbonyl (C=O) groups excluding carboxylic acids is 1. The van der Waals surface area contributed by atoms with Crippen LogP contribution in [-0.4, -0.2) is 68.7 Å². The third kappa shape index (κ3) is 5.47. The Morgan fingerprint density at radius 1 is 1.26 bits per heavy atom. The lowest BCUT2D eigenvalue weighted by molar-refractivity contribution is -0.132. The normalized spacial score (nSPS) is 18.6. The van der Waals surface area contributed by atoms with Crippen LogP contribution in [0.4, 0.5) is 0 Å². The molecule has 2 N–H and O–H groups in total. The van der Waals surface area contributed by atoms with Crippen LogP contribution in [0, 0.1) is 0 Å². The first-order valence-electron chi connectivity index (χ1n) is 7.26. The van der Waals surface area contributed by atoms with Crippen LogP contribution in [0.2, 0.25) is 0 Å². The number of nitrogens with two attached hydrogens (primary N) is 1. The first-order chi connectivity index (χ1) is 9.06. The molecule has 0 radical (unpaired) electrons. The zero-order chi connectivity index (χ0) is 14.3. The highest BCUT2D eigenvalue weighted by atomic mass is 16.5. The highest BCUT2D eigenvalue weighted by molar-refractivity contribution is 5.81. The molecule has 1 unspecified atom stereocenters. The van der Waals surface area contributed by atoms with Gasteiger partial charge in [0.05, 0.1) is 6.61 Å². The van der Waals surface area contributed by atoms with Crippen LogP contribution < -0.4 is 5.73 Å². The number of amides is 1. The van der Waals surface area contributed by atoms with E-state index in [0.717, 1.165) is 13.1 Å². The Balaban J connectivity index is 2.28. The van der Waals surface area contributed by atoms with Gasteiger partial charge in [-0.3, -0.25) is 4.79 Å². The van der Waals surface area contributed by atoms with Crippen molar-refractivity contribution in [2.45, 2.75) is 44.2 Å². The number of likely N-dealkylation sites (N-methyl/N-ethyl adjacent to an activating group) is 2. The van der Waals surface area contributed by atoms with E-state index in [2.05, 4.69) is 11.9 Å². The molecule has 1 rings (SSSR count). The lowest BCUT2D eigenvalue weighted by Crippen LogP contribution is -2.47. The average Bonchev–Trinajstić information content (AvgIpc) is 2.44. The van der Waals surface area contributed by atoms with Crippen LogP contribution >= 0.6 is 0 Å². The van der Waals surface area contributed by atoms with Crippen LogP contribution in [0.1, 0.15) is 32.1 Å². The van der Waals surface area contributed by atoms with Crippen molar-refractivity contribution in [2.24, 2.45) is 5.73 Å². The van der Waals surface area contributed by atoms with Crippen molar-refractivity contribution in [3.8, 4) is 0 Å². The largest absolute Gasteiger partial charge is 0.383 e. The van der Waals surface area contributed by atoms with Gasteiger partial charge in [0.15, 0.2) is 0 Å². The van der Waals surface area contributed by atoms with Crippen molar-refractivity contribution < 1.29 is 9.53 Å². The highest BCUT2D eigenvalue weighted by Gasteiger charge is 2.21. The lowest BCUT2D eigenvalue weighted by atomic mass is 9.94. The van der Waals surface area contributed by atoms with Gasteiger partial charge in [-0.05, 0) is 19.9 Å². The molecular formula is C14H29N3O2. The van der Waals surface area contributed by atoms with Crippen LogP contribution in [0.15, 0.2) is 0 Å². The highest BCUT2D eigenvalue weighted by Crippen LogP contribution is 2.21. The summed E-state index contributed by atoms with van der Waals surface area (Å²) in [6.45, 7) is 1.91. The topological polar surface area (TPSA) is 58.8 Å². The van der Waals surface area contributed by atoms with Crippen molar-refractivity contribution >= 4 is 5.91 Å². The third-order valence-corrected chi connectivity index (χ3v) is 4.03. The quantitative estimate of drug-likeness (QED) is 0.740. The molecule has 5 nitrogen and oxygen atoms in total. The molecule has 0 saturated heterocycles. The number of nitrogens with zero attached hydrogens (tertiary/aromatic N) is 2. The van der Waals surface area contributed by atoms with Crippen molar-refractivity contribution in [3.63, 3.8) is 0 Å². The van der Waals surface area contributed by atoms with Gasteiger partial charge in [0.2, 0.25) is 5.91 Å². The Bertz CT molecular complexity index is 267. The summed E-state index contributed by atoms with van der Waals surface area (Å²) in [5, 5.41) is 0. The second-order valence-corrected chi connectivity index (χ2v) is 5.59. The minimum Gasteiger partial charge on any atom is -0.383 e. The SMILES string of the molecule is COCC(N)C(=O)N(C)CCN(C)C1CCCCC1. The zero-order valence-electron chi connectivity index (χ0n) is 12.6. The smallest absolute Gasteiger partial charge is 0.241 e. The van der Waals surface area contributed by atoms with E-state index in [1.54, 1.807) is 12.0 Å². The third-order valence-electron chi connectivity index (χ3n) is 4.03. The van der Waals surface area contributed by atoms with Gasteiger partial charge in [-0.1, -0.05) is 19.3 Å². The second-order valence-electron chi connectivity index (χ2n) is 5.59. The second kappa shape index (κ2) is 8.51. The Hall–Kier alpha value is -0.650. The first-order valence-corrected chi connectivity index (χ1v) is 7.26. The lowest BCUT2D eigenvalue weighted by Gasteiger charge is -2.32. The summed E-state index contributed by atoms with van der Waals surface area (Å²) in [6, 6.07) is 0.139. The molecule has 0 spiro atoms. The molecule has 0 bridgehead atoms. The minimum atomic E-state index is -0.546. The van der Waals surface area contributed by atoms with Crippen LogP contribution in [0.25, 0.3) is 0 Å². The molecule has 0 aromatic rings. The molecule has 1 saturated carbocycles. The van der Waals surface area contributed by atoms with Gasteiger partial charge in [0.1, 0.15) is 6.04 Å². The number of ether oxygens (including phenoxy) is 1. The van der Waals surface area contributed by atoms with Gasteiger partial charge < -0.3 is 20.3 Å². The fraction of sp³-hybridized carbons (Fsp3) is 0.929. The van der Waals surface area contributed by atoms with Crippen LogP contribution in [0.3, 0.4) is 0 Å². The van der Waals surface area contributed by atoms with Gasteiger partial charge in [-0.25, -0.2) is 0 Å². The molecule has 1 fully saturated rings. The molecule has 0 aromatic carbocycles. The monoisotopic (exact) mass is 271 g/mol. The standard InChI is InChI=1S/C14H29N3O2/c1-16(12-7-5-4-6-8-12)9-10-17(2)14(18)13(15)11-19-3/h12-13H,4-11,15H2,1-3H3. The van der Waals surface area contributed by atoms with Gasteiger partial charge >= 0.3 is 0 Å². The Morgan fingerprint density at radius 2 is 1.89 bits per heavy atom. The van der Waals surface area contributed by atoms with E-state index in [-0.39, 0.29) is 12.5 Å². The van der Waals surface area contributed by atoms with Crippen molar-refractivity contribution in [2.75, 3.05) is 40.9 Å². The van der Waals surface area contributed by atoms with E-state index in [0.29, 0.717) is 6.04 Å². The van der Waals surface area contributed by atoms with E-state index in [1.165, 1.54) is 32.1 Å². The fourth-order valence-electron chi connectivity index (χ4n) is 2.66. The Labute approximate surface area is 117 Å². The molecule has 1 aliphatic carbocycles. The summed E-state index contributed by atoms with van der Waals surface area (Å²) in [5.74, 6) is -0.0427. The molecule has 5 heteroatoms. The summed E-state index contributed by atoms with van der Waals surface area (Å²) in [4.78, 5) is 16.0. The molecule has 1 aliphatic rings.